The Labute approximate surface area is 95.3 Å². The van der Waals surface area contributed by atoms with Crippen LogP contribution in [0.15, 0.2) is 0 Å². The Bertz CT molecular complexity index is 368. The van der Waals surface area contributed by atoms with Crippen molar-refractivity contribution in [2.24, 2.45) is 0 Å². The minimum Gasteiger partial charge on any atom is -0.383 e. The van der Waals surface area contributed by atoms with Crippen molar-refractivity contribution in [3.63, 3.8) is 0 Å². The molecule has 5 heteroatoms. The summed E-state index contributed by atoms with van der Waals surface area (Å²) in [5.41, 5.74) is 1.97. The number of nitrogens with zero attached hydrogens (tertiary/aromatic N) is 2. The molecule has 1 aromatic rings. The summed E-state index contributed by atoms with van der Waals surface area (Å²) in [6.07, 6.45) is 0. The van der Waals surface area contributed by atoms with Gasteiger partial charge in [-0.15, -0.1) is 0 Å². The molecule has 1 N–H and O–H groups in total. The molecule has 5 nitrogen and oxygen atoms in total. The van der Waals surface area contributed by atoms with E-state index in [9.17, 15) is 4.79 Å². The van der Waals surface area contributed by atoms with Crippen molar-refractivity contribution in [3.05, 3.63) is 22.8 Å². The van der Waals surface area contributed by atoms with Gasteiger partial charge in [0, 0.05) is 13.7 Å². The smallest absolute Gasteiger partial charge is 0.255 e. The molecule has 1 rings (SSSR count). The first kappa shape index (κ1) is 12.6. The maximum absolute atomic E-state index is 11.8. The Balaban J connectivity index is 2.83. The summed E-state index contributed by atoms with van der Waals surface area (Å²) < 4.78 is 4.86. The zero-order valence-corrected chi connectivity index (χ0v) is 10.1. The summed E-state index contributed by atoms with van der Waals surface area (Å²) in [5.74, 6) is 0.537. The van der Waals surface area contributed by atoms with Crippen LogP contribution in [0.5, 0.6) is 0 Å². The van der Waals surface area contributed by atoms with Gasteiger partial charge in [-0.2, -0.15) is 0 Å². The highest BCUT2D eigenvalue weighted by Gasteiger charge is 2.14. The Kier molecular flexibility index (Phi) is 4.37. The number of ether oxygens (including phenoxy) is 1. The van der Waals surface area contributed by atoms with Crippen molar-refractivity contribution >= 4 is 5.91 Å². The van der Waals surface area contributed by atoms with Crippen LogP contribution in [0.1, 0.15) is 27.6 Å². The molecule has 1 amide bonds. The van der Waals surface area contributed by atoms with Gasteiger partial charge in [0.05, 0.1) is 23.6 Å². The minimum absolute atomic E-state index is 0.146. The number of hydrogen-bond acceptors (Lipinski definition) is 4. The van der Waals surface area contributed by atoms with Gasteiger partial charge >= 0.3 is 0 Å². The number of carbonyl (C=O) groups is 1. The van der Waals surface area contributed by atoms with Gasteiger partial charge in [-0.05, 0) is 20.8 Å². The molecule has 0 fully saturated rings. The summed E-state index contributed by atoms with van der Waals surface area (Å²) in [4.78, 5) is 20.2. The molecule has 0 bridgehead atoms. The lowest BCUT2D eigenvalue weighted by atomic mass is 10.1. The molecular weight excluding hydrogens is 206 g/mol. The van der Waals surface area contributed by atoms with E-state index in [2.05, 4.69) is 15.3 Å². The van der Waals surface area contributed by atoms with Crippen LogP contribution < -0.4 is 5.32 Å². The van der Waals surface area contributed by atoms with Crippen LogP contribution in [0.2, 0.25) is 0 Å². The summed E-state index contributed by atoms with van der Waals surface area (Å²) in [5, 5.41) is 2.76. The van der Waals surface area contributed by atoms with E-state index >= 15 is 0 Å². The lowest BCUT2D eigenvalue weighted by Gasteiger charge is -2.09. The van der Waals surface area contributed by atoms with Crippen LogP contribution in [-0.4, -0.2) is 36.1 Å². The molecule has 0 saturated heterocycles. The first-order valence-electron chi connectivity index (χ1n) is 5.15. The second kappa shape index (κ2) is 5.55. The van der Waals surface area contributed by atoms with Crippen molar-refractivity contribution in [3.8, 4) is 0 Å². The highest BCUT2D eigenvalue weighted by atomic mass is 16.5. The maximum atomic E-state index is 11.8. The Morgan fingerprint density at radius 1 is 1.25 bits per heavy atom. The monoisotopic (exact) mass is 223 g/mol. The van der Waals surface area contributed by atoms with E-state index in [1.54, 1.807) is 7.11 Å². The van der Waals surface area contributed by atoms with E-state index in [0.29, 0.717) is 35.9 Å². The standard InChI is InChI=1S/C11H17N3O2/c1-7-10(8(2)14-9(3)13-7)11(15)12-5-6-16-4/h5-6H2,1-4H3,(H,12,15). The lowest BCUT2D eigenvalue weighted by molar-refractivity contribution is 0.0935. The number of amides is 1. The average molecular weight is 223 g/mol. The molecule has 0 atom stereocenters. The predicted molar refractivity (Wildman–Crippen MR) is 60.5 cm³/mol. The van der Waals surface area contributed by atoms with E-state index in [-0.39, 0.29) is 5.91 Å². The van der Waals surface area contributed by atoms with E-state index in [1.165, 1.54) is 0 Å². The third-order valence-corrected chi connectivity index (χ3v) is 2.20. The van der Waals surface area contributed by atoms with Crippen molar-refractivity contribution in [1.29, 1.82) is 0 Å². The topological polar surface area (TPSA) is 64.1 Å². The highest BCUT2D eigenvalue weighted by Crippen LogP contribution is 2.09. The Hall–Kier alpha value is -1.49. The van der Waals surface area contributed by atoms with Crippen molar-refractivity contribution in [2.45, 2.75) is 20.8 Å². The predicted octanol–water partition coefficient (Wildman–Crippen LogP) is 0.778. The zero-order chi connectivity index (χ0) is 12.1. The van der Waals surface area contributed by atoms with Crippen molar-refractivity contribution < 1.29 is 9.53 Å². The molecule has 0 spiro atoms. The second-order valence-corrected chi connectivity index (χ2v) is 3.57. The molecule has 0 aliphatic carbocycles. The summed E-state index contributed by atoms with van der Waals surface area (Å²) >= 11 is 0. The van der Waals surface area contributed by atoms with Crippen molar-refractivity contribution in [2.75, 3.05) is 20.3 Å². The minimum atomic E-state index is -0.146. The van der Waals surface area contributed by atoms with Crippen LogP contribution in [0.3, 0.4) is 0 Å². The highest BCUT2D eigenvalue weighted by molar-refractivity contribution is 5.96. The normalized spacial score (nSPS) is 10.2. The quantitative estimate of drug-likeness (QED) is 0.766. The van der Waals surface area contributed by atoms with E-state index in [1.807, 2.05) is 20.8 Å². The Morgan fingerprint density at radius 2 is 1.81 bits per heavy atom. The second-order valence-electron chi connectivity index (χ2n) is 3.57. The number of carbonyl (C=O) groups excluding carboxylic acids is 1. The molecule has 1 aromatic heterocycles. The number of aromatic nitrogens is 2. The van der Waals surface area contributed by atoms with Crippen LogP contribution >= 0.6 is 0 Å². The third kappa shape index (κ3) is 3.00. The molecule has 0 aromatic carbocycles. The summed E-state index contributed by atoms with van der Waals surface area (Å²) in [6.45, 7) is 6.42. The summed E-state index contributed by atoms with van der Waals surface area (Å²) in [7, 11) is 1.59. The van der Waals surface area contributed by atoms with Crippen LogP contribution in [-0.2, 0) is 4.74 Å². The van der Waals surface area contributed by atoms with Crippen molar-refractivity contribution in [1.82, 2.24) is 15.3 Å². The van der Waals surface area contributed by atoms with Crippen LogP contribution in [0, 0.1) is 20.8 Å². The van der Waals surface area contributed by atoms with Gasteiger partial charge in [0.1, 0.15) is 5.82 Å². The number of rotatable bonds is 4. The molecule has 0 aliphatic heterocycles. The molecule has 0 aliphatic rings. The number of nitrogens with one attached hydrogen (secondary N) is 1. The summed E-state index contributed by atoms with van der Waals surface area (Å²) in [6, 6.07) is 0. The lowest BCUT2D eigenvalue weighted by Crippen LogP contribution is -2.29. The van der Waals surface area contributed by atoms with E-state index in [4.69, 9.17) is 4.74 Å². The first-order chi connectivity index (χ1) is 7.56. The largest absolute Gasteiger partial charge is 0.383 e. The SMILES string of the molecule is COCCNC(=O)c1c(C)nc(C)nc1C. The van der Waals surface area contributed by atoms with Gasteiger partial charge in [-0.3, -0.25) is 4.79 Å². The van der Waals surface area contributed by atoms with Gasteiger partial charge in [-0.25, -0.2) is 9.97 Å². The van der Waals surface area contributed by atoms with Gasteiger partial charge in [-0.1, -0.05) is 0 Å². The van der Waals surface area contributed by atoms with Crippen LogP contribution in [0.25, 0.3) is 0 Å². The van der Waals surface area contributed by atoms with E-state index < -0.39 is 0 Å². The van der Waals surface area contributed by atoms with Gasteiger partial charge < -0.3 is 10.1 Å². The fourth-order valence-corrected chi connectivity index (χ4v) is 1.57. The fraction of sp³-hybridized carbons (Fsp3) is 0.545. The molecule has 0 saturated carbocycles. The molecule has 88 valence electrons. The van der Waals surface area contributed by atoms with Gasteiger partial charge in [0.15, 0.2) is 0 Å². The number of hydrogen-bond donors (Lipinski definition) is 1. The zero-order valence-electron chi connectivity index (χ0n) is 10.1. The number of aryl methyl sites for hydroxylation is 3. The Morgan fingerprint density at radius 3 is 2.31 bits per heavy atom. The van der Waals surface area contributed by atoms with Crippen LogP contribution in [0.4, 0.5) is 0 Å². The van der Waals surface area contributed by atoms with Gasteiger partial charge in [0.25, 0.3) is 5.91 Å². The fourth-order valence-electron chi connectivity index (χ4n) is 1.57. The number of methoxy groups -OCH3 is 1. The van der Waals surface area contributed by atoms with Gasteiger partial charge in [0.2, 0.25) is 0 Å². The average Bonchev–Trinajstić information content (AvgIpc) is 2.16. The molecule has 16 heavy (non-hydrogen) atoms. The van der Waals surface area contributed by atoms with E-state index in [0.717, 1.165) is 0 Å². The molecule has 0 unspecified atom stereocenters. The molecule has 0 radical (unpaired) electrons. The molecular formula is C11H17N3O2. The first-order valence-corrected chi connectivity index (χ1v) is 5.15. The molecule has 1 heterocycles. The third-order valence-electron chi connectivity index (χ3n) is 2.20. The maximum Gasteiger partial charge on any atom is 0.255 e.